The molecule has 3 heterocycles. The molecule has 1 unspecified atom stereocenters. The highest BCUT2D eigenvalue weighted by Gasteiger charge is 2.29. The third-order valence-corrected chi connectivity index (χ3v) is 7.28. The van der Waals surface area contributed by atoms with Crippen LogP contribution < -0.4 is 10.0 Å². The molecule has 0 aliphatic carbocycles. The van der Waals surface area contributed by atoms with Gasteiger partial charge in [-0.05, 0) is 62.1 Å². The lowest BCUT2D eigenvalue weighted by molar-refractivity contribution is -0.121. The Kier molecular flexibility index (Phi) is 6.92. The van der Waals surface area contributed by atoms with E-state index in [0.717, 1.165) is 12.8 Å². The van der Waals surface area contributed by atoms with E-state index in [2.05, 4.69) is 10.0 Å². The van der Waals surface area contributed by atoms with Crippen molar-refractivity contribution in [2.45, 2.75) is 36.7 Å². The summed E-state index contributed by atoms with van der Waals surface area (Å²) in [4.78, 5) is 26.8. The molecule has 2 N–H and O–H groups in total. The average molecular weight is 462 g/mol. The third-order valence-electron chi connectivity index (χ3n) is 5.84. The van der Waals surface area contributed by atoms with Crippen molar-refractivity contribution in [3.63, 3.8) is 0 Å². The summed E-state index contributed by atoms with van der Waals surface area (Å²) in [7, 11) is -3.63. The van der Waals surface area contributed by atoms with Crippen LogP contribution >= 0.6 is 0 Å². The number of rotatable bonds is 7. The molecule has 4 rings (SSSR count). The summed E-state index contributed by atoms with van der Waals surface area (Å²) in [5.74, 6) is -0.221. The number of ether oxygens (including phenoxy) is 1. The smallest absolute Gasteiger partial charge is 0.289 e. The Labute approximate surface area is 187 Å². The maximum absolute atomic E-state index is 12.6. The molecule has 1 aromatic heterocycles. The minimum absolute atomic E-state index is 0.0795. The highest BCUT2D eigenvalue weighted by atomic mass is 32.2. The number of benzene rings is 1. The van der Waals surface area contributed by atoms with Gasteiger partial charge in [-0.3, -0.25) is 9.59 Å². The van der Waals surface area contributed by atoms with E-state index in [0.29, 0.717) is 44.0 Å². The number of hydrogen-bond donors (Lipinski definition) is 2. The molecule has 0 spiro atoms. The first kappa shape index (κ1) is 22.5. The summed E-state index contributed by atoms with van der Waals surface area (Å²) < 4.78 is 38.1. The lowest BCUT2D eigenvalue weighted by Crippen LogP contribution is -2.41. The Hall–Kier alpha value is -2.69. The molecule has 10 heteroatoms. The van der Waals surface area contributed by atoms with E-state index in [4.69, 9.17) is 9.15 Å². The van der Waals surface area contributed by atoms with Crippen LogP contribution in [0.15, 0.2) is 52.0 Å². The molecule has 0 bridgehead atoms. The van der Waals surface area contributed by atoms with E-state index in [9.17, 15) is 18.0 Å². The molecule has 0 saturated carbocycles. The van der Waals surface area contributed by atoms with E-state index in [1.807, 2.05) is 0 Å². The molecule has 32 heavy (non-hydrogen) atoms. The van der Waals surface area contributed by atoms with Crippen molar-refractivity contribution in [2.75, 3.05) is 31.6 Å². The zero-order valence-corrected chi connectivity index (χ0v) is 18.5. The number of carbonyl (C=O) groups excluding carboxylic acids is 2. The van der Waals surface area contributed by atoms with Crippen LogP contribution in [0.3, 0.4) is 0 Å². The minimum atomic E-state index is -3.63. The van der Waals surface area contributed by atoms with Crippen LogP contribution in [0.1, 0.15) is 36.2 Å². The second-order valence-electron chi connectivity index (χ2n) is 8.04. The average Bonchev–Trinajstić information content (AvgIpc) is 3.52. The van der Waals surface area contributed by atoms with Crippen molar-refractivity contribution in [2.24, 2.45) is 5.92 Å². The van der Waals surface area contributed by atoms with E-state index in [-0.39, 0.29) is 35.3 Å². The van der Waals surface area contributed by atoms with Gasteiger partial charge in [0.1, 0.15) is 0 Å². The van der Waals surface area contributed by atoms with Crippen LogP contribution in [-0.4, -0.2) is 57.5 Å². The summed E-state index contributed by atoms with van der Waals surface area (Å²) in [5.41, 5.74) is 0.530. The monoisotopic (exact) mass is 461 g/mol. The first-order valence-corrected chi connectivity index (χ1v) is 12.3. The van der Waals surface area contributed by atoms with Crippen molar-refractivity contribution in [1.29, 1.82) is 0 Å². The highest BCUT2D eigenvalue weighted by molar-refractivity contribution is 7.89. The molecule has 2 aromatic rings. The van der Waals surface area contributed by atoms with Crippen molar-refractivity contribution >= 4 is 27.5 Å². The Bertz CT molecular complexity index is 1020. The number of furan rings is 1. The molecular weight excluding hydrogens is 434 g/mol. The maximum Gasteiger partial charge on any atom is 0.289 e. The topological polar surface area (TPSA) is 118 Å². The Morgan fingerprint density at radius 3 is 2.44 bits per heavy atom. The number of carbonyl (C=O) groups is 2. The van der Waals surface area contributed by atoms with Gasteiger partial charge in [-0.15, -0.1) is 0 Å². The fourth-order valence-corrected chi connectivity index (χ4v) is 5.02. The minimum Gasteiger partial charge on any atom is -0.459 e. The van der Waals surface area contributed by atoms with Gasteiger partial charge in [-0.2, -0.15) is 0 Å². The second-order valence-corrected chi connectivity index (χ2v) is 9.81. The molecular formula is C22H27N3O6S. The number of amides is 2. The van der Waals surface area contributed by atoms with Gasteiger partial charge in [-0.1, -0.05) is 0 Å². The van der Waals surface area contributed by atoms with Crippen molar-refractivity contribution in [3.8, 4) is 0 Å². The second kappa shape index (κ2) is 9.85. The zero-order valence-electron chi connectivity index (χ0n) is 17.7. The summed E-state index contributed by atoms with van der Waals surface area (Å²) in [6, 6.07) is 9.39. The largest absolute Gasteiger partial charge is 0.459 e. The van der Waals surface area contributed by atoms with Crippen molar-refractivity contribution < 1.29 is 27.2 Å². The fourth-order valence-electron chi connectivity index (χ4n) is 3.95. The number of piperidine rings is 1. The van der Waals surface area contributed by atoms with E-state index in [1.165, 1.54) is 18.4 Å². The number of nitrogens with one attached hydrogen (secondary N) is 2. The van der Waals surface area contributed by atoms with E-state index < -0.39 is 10.0 Å². The number of likely N-dealkylation sites (tertiary alicyclic amines) is 1. The third kappa shape index (κ3) is 5.37. The number of sulfonamides is 1. The van der Waals surface area contributed by atoms with Gasteiger partial charge in [-0.25, -0.2) is 13.1 Å². The van der Waals surface area contributed by atoms with Gasteiger partial charge < -0.3 is 19.4 Å². The van der Waals surface area contributed by atoms with Gasteiger partial charge in [0.05, 0.1) is 17.3 Å². The summed E-state index contributed by atoms with van der Waals surface area (Å²) in [6.07, 6.45) is 4.28. The lowest BCUT2D eigenvalue weighted by Gasteiger charge is -2.30. The van der Waals surface area contributed by atoms with Crippen LogP contribution in [0.2, 0.25) is 0 Å². The molecule has 0 radical (unpaired) electrons. The fraction of sp³-hybridized carbons (Fsp3) is 0.455. The van der Waals surface area contributed by atoms with Crippen LogP contribution in [0.4, 0.5) is 5.69 Å². The number of anilines is 1. The predicted octanol–water partition coefficient (Wildman–Crippen LogP) is 2.23. The van der Waals surface area contributed by atoms with Crippen molar-refractivity contribution in [3.05, 3.63) is 48.4 Å². The Morgan fingerprint density at radius 1 is 1.06 bits per heavy atom. The summed E-state index contributed by atoms with van der Waals surface area (Å²) >= 11 is 0. The summed E-state index contributed by atoms with van der Waals surface area (Å²) in [5, 5.41) is 2.84. The molecule has 2 amide bonds. The molecule has 172 valence electrons. The lowest BCUT2D eigenvalue weighted by atomic mass is 9.95. The molecule has 1 atom stereocenters. The van der Waals surface area contributed by atoms with Crippen LogP contribution in [0.25, 0.3) is 0 Å². The van der Waals surface area contributed by atoms with Crippen LogP contribution in [0.5, 0.6) is 0 Å². The Balaban J connectivity index is 1.27. The van der Waals surface area contributed by atoms with Gasteiger partial charge in [0, 0.05) is 37.8 Å². The van der Waals surface area contributed by atoms with Crippen molar-refractivity contribution in [1.82, 2.24) is 9.62 Å². The standard InChI is InChI=1S/C22H27N3O6S/c26-21(16-9-11-25(12-10-16)22(27)20-4-2-14-31-20)24-17-5-7-19(8-6-17)32(28,29)23-15-18-3-1-13-30-18/h2,4-8,14,16,18,23H,1,3,9-13,15H2,(H,24,26). The van der Waals surface area contributed by atoms with Crippen LogP contribution in [-0.2, 0) is 19.6 Å². The molecule has 2 aliphatic rings. The molecule has 2 fully saturated rings. The molecule has 2 saturated heterocycles. The zero-order chi connectivity index (χ0) is 22.6. The number of hydrogen-bond acceptors (Lipinski definition) is 6. The normalized spacial score (nSPS) is 19.8. The van der Waals surface area contributed by atoms with Crippen LogP contribution in [0, 0.1) is 5.92 Å². The summed E-state index contributed by atoms with van der Waals surface area (Å²) in [6.45, 7) is 1.87. The molecule has 9 nitrogen and oxygen atoms in total. The number of nitrogens with zero attached hydrogens (tertiary/aromatic N) is 1. The maximum atomic E-state index is 12.6. The van der Waals surface area contributed by atoms with Gasteiger partial charge in [0.25, 0.3) is 5.91 Å². The molecule has 1 aromatic carbocycles. The van der Waals surface area contributed by atoms with E-state index in [1.54, 1.807) is 29.2 Å². The first-order valence-electron chi connectivity index (χ1n) is 10.8. The highest BCUT2D eigenvalue weighted by Crippen LogP contribution is 2.22. The predicted molar refractivity (Wildman–Crippen MR) is 117 cm³/mol. The SMILES string of the molecule is O=C(Nc1ccc(S(=O)(=O)NCC2CCCO2)cc1)C1CCN(C(=O)c2ccco2)CC1. The van der Waals surface area contributed by atoms with Gasteiger partial charge in [0.15, 0.2) is 5.76 Å². The van der Waals surface area contributed by atoms with Gasteiger partial charge >= 0.3 is 0 Å². The Morgan fingerprint density at radius 2 is 1.81 bits per heavy atom. The first-order chi connectivity index (χ1) is 15.4. The molecule has 2 aliphatic heterocycles. The van der Waals surface area contributed by atoms with Gasteiger partial charge in [0.2, 0.25) is 15.9 Å². The van der Waals surface area contributed by atoms with E-state index >= 15 is 0 Å². The quantitative estimate of drug-likeness (QED) is 0.653.